The van der Waals surface area contributed by atoms with Crippen LogP contribution in [0.2, 0.25) is 0 Å². The van der Waals surface area contributed by atoms with Crippen molar-refractivity contribution < 1.29 is 4.39 Å². The molecule has 0 fully saturated rings. The first-order valence-corrected chi connectivity index (χ1v) is 6.39. The maximum absolute atomic E-state index is 13.9. The summed E-state index contributed by atoms with van der Waals surface area (Å²) in [6.07, 6.45) is 0. The van der Waals surface area contributed by atoms with E-state index in [1.807, 2.05) is 25.1 Å². The molecule has 4 heteroatoms. The number of benzene rings is 2. The lowest BCUT2D eigenvalue weighted by Crippen LogP contribution is -1.92. The zero-order valence-corrected chi connectivity index (χ0v) is 10.6. The topological polar surface area (TPSA) is 38.9 Å². The number of hydrogen-bond acceptors (Lipinski definition) is 3. The van der Waals surface area contributed by atoms with Gasteiger partial charge in [0.2, 0.25) is 0 Å². The normalized spacial score (nSPS) is 11.0. The predicted molar refractivity (Wildman–Crippen MR) is 74.2 cm³/mol. The lowest BCUT2D eigenvalue weighted by atomic mass is 10.2. The highest BCUT2D eigenvalue weighted by Gasteiger charge is 2.14. The molecule has 0 amide bonds. The fourth-order valence-electron chi connectivity index (χ4n) is 1.96. The molecule has 3 rings (SSSR count). The highest BCUT2D eigenvalue weighted by Crippen LogP contribution is 2.35. The van der Waals surface area contributed by atoms with Crippen molar-refractivity contribution in [2.75, 3.05) is 5.73 Å². The Balaban J connectivity index is 2.30. The Morgan fingerprint density at radius 3 is 2.67 bits per heavy atom. The number of thiazole rings is 1. The van der Waals surface area contributed by atoms with E-state index in [0.717, 1.165) is 15.8 Å². The first kappa shape index (κ1) is 11.2. The van der Waals surface area contributed by atoms with E-state index < -0.39 is 0 Å². The van der Waals surface area contributed by atoms with Gasteiger partial charge in [0.1, 0.15) is 10.8 Å². The molecule has 18 heavy (non-hydrogen) atoms. The highest BCUT2D eigenvalue weighted by molar-refractivity contribution is 7.21. The molecule has 0 unspecified atom stereocenters. The van der Waals surface area contributed by atoms with Crippen molar-refractivity contribution in [3.05, 3.63) is 47.8 Å². The van der Waals surface area contributed by atoms with Gasteiger partial charge in [-0.3, -0.25) is 0 Å². The van der Waals surface area contributed by atoms with E-state index in [-0.39, 0.29) is 5.82 Å². The van der Waals surface area contributed by atoms with Crippen LogP contribution in [0.25, 0.3) is 20.8 Å². The van der Waals surface area contributed by atoms with Gasteiger partial charge in [0.25, 0.3) is 0 Å². The molecule has 0 atom stereocenters. The third kappa shape index (κ3) is 1.66. The van der Waals surface area contributed by atoms with Gasteiger partial charge in [-0.25, -0.2) is 9.37 Å². The van der Waals surface area contributed by atoms with Crippen LogP contribution in [-0.2, 0) is 0 Å². The maximum atomic E-state index is 13.9. The number of hydrogen-bond donors (Lipinski definition) is 1. The van der Waals surface area contributed by atoms with Gasteiger partial charge in [-0.1, -0.05) is 18.2 Å². The third-order valence-electron chi connectivity index (χ3n) is 2.88. The summed E-state index contributed by atoms with van der Waals surface area (Å²) in [5, 5.41) is 0.634. The molecule has 0 spiro atoms. The molecule has 0 aliphatic rings. The molecule has 90 valence electrons. The number of nitrogens with two attached hydrogens (primary N) is 1. The second-order valence-corrected chi connectivity index (χ2v) is 5.18. The van der Waals surface area contributed by atoms with Gasteiger partial charge >= 0.3 is 0 Å². The number of fused-ring (bicyclic) bond motifs is 1. The average Bonchev–Trinajstić information content (AvgIpc) is 2.74. The van der Waals surface area contributed by atoms with Crippen molar-refractivity contribution in [3.63, 3.8) is 0 Å². The average molecular weight is 258 g/mol. The Labute approximate surface area is 108 Å². The summed E-state index contributed by atoms with van der Waals surface area (Å²) in [5.74, 6) is -0.327. The van der Waals surface area contributed by atoms with E-state index in [1.54, 1.807) is 12.1 Å². The quantitative estimate of drug-likeness (QED) is 0.670. The number of para-hydroxylation sites is 1. The van der Waals surface area contributed by atoms with Crippen LogP contribution in [0.5, 0.6) is 0 Å². The van der Waals surface area contributed by atoms with Crippen molar-refractivity contribution >= 4 is 27.2 Å². The standard InChI is InChI=1S/C14H11FN2S/c1-8-4-2-7-11-13(8)17-14(18-11)12-9(15)5-3-6-10(12)16/h2-7H,16H2,1H3. The van der Waals surface area contributed by atoms with Gasteiger partial charge < -0.3 is 5.73 Å². The fraction of sp³-hybridized carbons (Fsp3) is 0.0714. The molecule has 0 aliphatic carbocycles. The Morgan fingerprint density at radius 2 is 1.94 bits per heavy atom. The van der Waals surface area contributed by atoms with E-state index in [0.29, 0.717) is 16.3 Å². The first-order valence-electron chi connectivity index (χ1n) is 5.57. The van der Waals surface area contributed by atoms with Gasteiger partial charge in [0.15, 0.2) is 0 Å². The van der Waals surface area contributed by atoms with Crippen LogP contribution in [0.1, 0.15) is 5.56 Å². The summed E-state index contributed by atoms with van der Waals surface area (Å²) in [5.41, 5.74) is 8.67. The monoisotopic (exact) mass is 258 g/mol. The van der Waals surface area contributed by atoms with E-state index in [4.69, 9.17) is 5.73 Å². The number of anilines is 1. The van der Waals surface area contributed by atoms with Crippen LogP contribution in [0.3, 0.4) is 0 Å². The third-order valence-corrected chi connectivity index (χ3v) is 3.92. The van der Waals surface area contributed by atoms with Crippen molar-refractivity contribution in [3.8, 4) is 10.6 Å². The molecule has 3 aromatic rings. The number of nitrogens with zero attached hydrogens (tertiary/aromatic N) is 1. The summed E-state index contributed by atoms with van der Waals surface area (Å²) in [6, 6.07) is 10.7. The summed E-state index contributed by atoms with van der Waals surface area (Å²) < 4.78 is 14.9. The number of halogens is 1. The maximum Gasteiger partial charge on any atom is 0.135 e. The van der Waals surface area contributed by atoms with Crippen molar-refractivity contribution in [2.45, 2.75) is 6.92 Å². The van der Waals surface area contributed by atoms with Gasteiger partial charge in [0, 0.05) is 5.69 Å². The summed E-state index contributed by atoms with van der Waals surface area (Å²) in [7, 11) is 0. The Morgan fingerprint density at radius 1 is 1.17 bits per heavy atom. The summed E-state index contributed by atoms with van der Waals surface area (Å²) >= 11 is 1.46. The largest absolute Gasteiger partial charge is 0.398 e. The fourth-order valence-corrected chi connectivity index (χ4v) is 3.07. The second kappa shape index (κ2) is 4.07. The highest BCUT2D eigenvalue weighted by atomic mass is 32.1. The molecule has 0 aliphatic heterocycles. The molecular weight excluding hydrogens is 247 g/mol. The predicted octanol–water partition coefficient (Wildman–Crippen LogP) is 3.99. The lowest BCUT2D eigenvalue weighted by Gasteiger charge is -2.02. The molecule has 2 aromatic carbocycles. The minimum atomic E-state index is -0.327. The van der Waals surface area contributed by atoms with E-state index in [1.165, 1.54) is 17.4 Å². The van der Waals surface area contributed by atoms with Crippen LogP contribution >= 0.6 is 11.3 Å². The van der Waals surface area contributed by atoms with Crippen LogP contribution in [0.4, 0.5) is 10.1 Å². The van der Waals surface area contributed by atoms with Gasteiger partial charge in [-0.2, -0.15) is 0 Å². The molecule has 0 saturated heterocycles. The first-order chi connectivity index (χ1) is 8.66. The Kier molecular flexibility index (Phi) is 2.52. The molecule has 1 heterocycles. The lowest BCUT2D eigenvalue weighted by molar-refractivity contribution is 0.632. The van der Waals surface area contributed by atoms with Crippen LogP contribution in [0.15, 0.2) is 36.4 Å². The number of nitrogen functional groups attached to an aromatic ring is 1. The molecule has 2 nitrogen and oxygen atoms in total. The Bertz CT molecular complexity index is 713. The molecule has 0 bridgehead atoms. The van der Waals surface area contributed by atoms with Gasteiger partial charge in [0.05, 0.1) is 15.8 Å². The number of aromatic nitrogens is 1. The van der Waals surface area contributed by atoms with Crippen LogP contribution < -0.4 is 5.73 Å². The minimum absolute atomic E-state index is 0.327. The molecule has 0 saturated carbocycles. The summed E-state index contributed by atoms with van der Waals surface area (Å²) in [6.45, 7) is 2.00. The summed E-state index contributed by atoms with van der Waals surface area (Å²) in [4.78, 5) is 4.50. The van der Waals surface area contributed by atoms with Crippen molar-refractivity contribution in [2.24, 2.45) is 0 Å². The number of aryl methyl sites for hydroxylation is 1. The van der Waals surface area contributed by atoms with Gasteiger partial charge in [-0.05, 0) is 30.7 Å². The minimum Gasteiger partial charge on any atom is -0.398 e. The zero-order valence-electron chi connectivity index (χ0n) is 9.77. The van der Waals surface area contributed by atoms with E-state index in [2.05, 4.69) is 4.98 Å². The van der Waals surface area contributed by atoms with Crippen molar-refractivity contribution in [1.29, 1.82) is 0 Å². The van der Waals surface area contributed by atoms with Gasteiger partial charge in [-0.15, -0.1) is 11.3 Å². The molecule has 0 radical (unpaired) electrons. The number of rotatable bonds is 1. The zero-order chi connectivity index (χ0) is 12.7. The van der Waals surface area contributed by atoms with E-state index in [9.17, 15) is 4.39 Å². The van der Waals surface area contributed by atoms with Crippen LogP contribution in [0, 0.1) is 12.7 Å². The molecule has 2 N–H and O–H groups in total. The molecule has 1 aromatic heterocycles. The van der Waals surface area contributed by atoms with Crippen molar-refractivity contribution in [1.82, 2.24) is 4.98 Å². The van der Waals surface area contributed by atoms with Crippen LogP contribution in [-0.4, -0.2) is 4.98 Å². The SMILES string of the molecule is Cc1cccc2sc(-c3c(N)cccc3F)nc12. The van der Waals surface area contributed by atoms with E-state index >= 15 is 0 Å². The molecular formula is C14H11FN2S. The smallest absolute Gasteiger partial charge is 0.135 e. The Hall–Kier alpha value is -1.94. The second-order valence-electron chi connectivity index (χ2n) is 4.14.